The standard InChI is InChI=1S/C18H30N2O/c1-13(2)15-7-9-16(10-8-15)14(3)20-17(21)11-12-19-18(4,5)6/h7-10,13-14,19H,11-12H2,1-6H3,(H,20,21). The predicted octanol–water partition coefficient (Wildman–Crippen LogP) is 3.77. The fraction of sp³-hybridized carbons (Fsp3) is 0.611. The number of nitrogens with one attached hydrogen (secondary N) is 2. The molecule has 0 bridgehead atoms. The molecule has 1 amide bonds. The summed E-state index contributed by atoms with van der Waals surface area (Å²) in [6.45, 7) is 13.4. The van der Waals surface area contributed by atoms with Crippen molar-refractivity contribution in [2.45, 2.75) is 65.5 Å². The number of hydrogen-bond acceptors (Lipinski definition) is 2. The molecule has 0 aromatic heterocycles. The minimum Gasteiger partial charge on any atom is -0.350 e. The van der Waals surface area contributed by atoms with Gasteiger partial charge in [0.15, 0.2) is 0 Å². The van der Waals surface area contributed by atoms with Gasteiger partial charge >= 0.3 is 0 Å². The third-order valence-corrected chi connectivity index (χ3v) is 3.49. The highest BCUT2D eigenvalue weighted by Crippen LogP contribution is 2.18. The van der Waals surface area contributed by atoms with E-state index in [1.54, 1.807) is 0 Å². The number of rotatable bonds is 6. The van der Waals surface area contributed by atoms with E-state index in [2.05, 4.69) is 69.5 Å². The largest absolute Gasteiger partial charge is 0.350 e. The zero-order valence-electron chi connectivity index (χ0n) is 14.3. The first-order chi connectivity index (χ1) is 9.69. The van der Waals surface area contributed by atoms with Gasteiger partial charge in [-0.1, -0.05) is 38.1 Å². The Hall–Kier alpha value is -1.35. The summed E-state index contributed by atoms with van der Waals surface area (Å²) in [7, 11) is 0. The molecule has 3 nitrogen and oxygen atoms in total. The Morgan fingerprint density at radius 3 is 2.05 bits per heavy atom. The molecule has 21 heavy (non-hydrogen) atoms. The van der Waals surface area contributed by atoms with Gasteiger partial charge in [0.2, 0.25) is 5.91 Å². The van der Waals surface area contributed by atoms with E-state index in [9.17, 15) is 4.79 Å². The topological polar surface area (TPSA) is 41.1 Å². The second kappa shape index (κ2) is 7.60. The SMILES string of the molecule is CC(C)c1ccc(C(C)NC(=O)CCNC(C)(C)C)cc1. The van der Waals surface area contributed by atoms with Crippen molar-refractivity contribution in [3.63, 3.8) is 0 Å². The molecule has 118 valence electrons. The van der Waals surface area contributed by atoms with Crippen molar-refractivity contribution >= 4 is 5.91 Å². The third-order valence-electron chi connectivity index (χ3n) is 3.49. The molecule has 0 aliphatic rings. The molecular weight excluding hydrogens is 260 g/mol. The Balaban J connectivity index is 2.45. The quantitative estimate of drug-likeness (QED) is 0.837. The molecule has 2 N–H and O–H groups in total. The Kier molecular flexibility index (Phi) is 6.41. The first kappa shape index (κ1) is 17.7. The normalized spacial score (nSPS) is 13.3. The monoisotopic (exact) mass is 290 g/mol. The second-order valence-corrected chi connectivity index (χ2v) is 7.04. The average Bonchev–Trinajstić information content (AvgIpc) is 2.37. The van der Waals surface area contributed by atoms with E-state index >= 15 is 0 Å². The first-order valence-electron chi connectivity index (χ1n) is 7.83. The van der Waals surface area contributed by atoms with Crippen LogP contribution in [0.4, 0.5) is 0 Å². The maximum absolute atomic E-state index is 11.9. The number of carbonyl (C=O) groups excluding carboxylic acids is 1. The minimum absolute atomic E-state index is 0.0494. The molecule has 0 spiro atoms. The first-order valence-corrected chi connectivity index (χ1v) is 7.83. The summed E-state index contributed by atoms with van der Waals surface area (Å²) in [6, 6.07) is 8.54. The van der Waals surface area contributed by atoms with Gasteiger partial charge in [0, 0.05) is 18.5 Å². The van der Waals surface area contributed by atoms with E-state index in [1.807, 2.05) is 6.92 Å². The Morgan fingerprint density at radius 2 is 1.57 bits per heavy atom. The van der Waals surface area contributed by atoms with Gasteiger partial charge in [0.25, 0.3) is 0 Å². The minimum atomic E-state index is 0.0494. The highest BCUT2D eigenvalue weighted by molar-refractivity contribution is 5.76. The van der Waals surface area contributed by atoms with Crippen molar-refractivity contribution in [2.24, 2.45) is 0 Å². The zero-order valence-corrected chi connectivity index (χ0v) is 14.3. The molecule has 1 aromatic carbocycles. The van der Waals surface area contributed by atoms with Gasteiger partial charge in [0.05, 0.1) is 6.04 Å². The zero-order chi connectivity index (χ0) is 16.0. The molecule has 0 heterocycles. The van der Waals surface area contributed by atoms with Crippen molar-refractivity contribution in [1.29, 1.82) is 0 Å². The predicted molar refractivity (Wildman–Crippen MR) is 89.5 cm³/mol. The molecule has 0 saturated carbocycles. The summed E-state index contributed by atoms with van der Waals surface area (Å²) in [5.74, 6) is 0.625. The van der Waals surface area contributed by atoms with E-state index in [-0.39, 0.29) is 17.5 Å². The van der Waals surface area contributed by atoms with Crippen molar-refractivity contribution < 1.29 is 4.79 Å². The molecule has 1 aromatic rings. The van der Waals surface area contributed by atoms with Crippen LogP contribution in [-0.2, 0) is 4.79 Å². The Morgan fingerprint density at radius 1 is 1.05 bits per heavy atom. The van der Waals surface area contributed by atoms with Gasteiger partial charge in [-0.2, -0.15) is 0 Å². The summed E-state index contributed by atoms with van der Waals surface area (Å²) in [6.07, 6.45) is 0.506. The second-order valence-electron chi connectivity index (χ2n) is 7.04. The van der Waals surface area contributed by atoms with Crippen molar-refractivity contribution in [1.82, 2.24) is 10.6 Å². The van der Waals surface area contributed by atoms with Crippen LogP contribution in [0.5, 0.6) is 0 Å². The summed E-state index contributed by atoms with van der Waals surface area (Å²) in [5.41, 5.74) is 2.53. The molecule has 1 unspecified atom stereocenters. The smallest absolute Gasteiger partial charge is 0.221 e. The van der Waals surface area contributed by atoms with Crippen molar-refractivity contribution in [2.75, 3.05) is 6.54 Å². The van der Waals surface area contributed by atoms with E-state index < -0.39 is 0 Å². The summed E-state index contributed by atoms with van der Waals surface area (Å²) in [5, 5.41) is 6.38. The van der Waals surface area contributed by atoms with Crippen LogP contribution in [0.2, 0.25) is 0 Å². The van der Waals surface area contributed by atoms with Crippen molar-refractivity contribution in [3.05, 3.63) is 35.4 Å². The molecule has 1 atom stereocenters. The maximum atomic E-state index is 11.9. The van der Waals surface area contributed by atoms with Gasteiger partial charge in [-0.05, 0) is 44.7 Å². The highest BCUT2D eigenvalue weighted by Gasteiger charge is 2.12. The van der Waals surface area contributed by atoms with Crippen LogP contribution in [-0.4, -0.2) is 18.0 Å². The van der Waals surface area contributed by atoms with Gasteiger partial charge < -0.3 is 10.6 Å². The lowest BCUT2D eigenvalue weighted by Gasteiger charge is -2.21. The van der Waals surface area contributed by atoms with Crippen LogP contribution < -0.4 is 10.6 Å². The molecular formula is C18H30N2O. The van der Waals surface area contributed by atoms with Gasteiger partial charge in [-0.25, -0.2) is 0 Å². The van der Waals surface area contributed by atoms with Crippen LogP contribution in [0.3, 0.4) is 0 Å². The summed E-state index contributed by atoms with van der Waals surface area (Å²) >= 11 is 0. The molecule has 0 fully saturated rings. The molecule has 0 saturated heterocycles. The molecule has 0 radical (unpaired) electrons. The molecule has 0 aliphatic carbocycles. The number of benzene rings is 1. The van der Waals surface area contributed by atoms with Gasteiger partial charge in [-0.15, -0.1) is 0 Å². The van der Waals surface area contributed by atoms with Crippen molar-refractivity contribution in [3.8, 4) is 0 Å². The number of carbonyl (C=O) groups is 1. The van der Waals surface area contributed by atoms with E-state index in [0.717, 1.165) is 5.56 Å². The molecule has 1 rings (SSSR count). The third kappa shape index (κ3) is 6.76. The van der Waals surface area contributed by atoms with Gasteiger partial charge in [0.1, 0.15) is 0 Å². The van der Waals surface area contributed by atoms with Crippen LogP contribution in [0, 0.1) is 0 Å². The van der Waals surface area contributed by atoms with Gasteiger partial charge in [-0.3, -0.25) is 4.79 Å². The van der Waals surface area contributed by atoms with Crippen LogP contribution >= 0.6 is 0 Å². The van der Waals surface area contributed by atoms with E-state index in [4.69, 9.17) is 0 Å². The van der Waals surface area contributed by atoms with Crippen LogP contribution in [0.1, 0.15) is 71.0 Å². The highest BCUT2D eigenvalue weighted by atomic mass is 16.1. The van der Waals surface area contributed by atoms with E-state index in [1.165, 1.54) is 5.56 Å². The van der Waals surface area contributed by atoms with E-state index in [0.29, 0.717) is 18.9 Å². The molecule has 3 heteroatoms. The summed E-state index contributed by atoms with van der Waals surface area (Å²) in [4.78, 5) is 11.9. The van der Waals surface area contributed by atoms with Crippen LogP contribution in [0.25, 0.3) is 0 Å². The lowest BCUT2D eigenvalue weighted by atomic mass is 9.99. The Bertz CT molecular complexity index is 443. The lowest BCUT2D eigenvalue weighted by Crippen LogP contribution is -2.38. The number of amides is 1. The van der Waals surface area contributed by atoms with Crippen LogP contribution in [0.15, 0.2) is 24.3 Å². The maximum Gasteiger partial charge on any atom is 0.221 e. The summed E-state index contributed by atoms with van der Waals surface area (Å²) < 4.78 is 0. The average molecular weight is 290 g/mol. The Labute approximate surface area is 129 Å². The molecule has 0 aliphatic heterocycles. The lowest BCUT2D eigenvalue weighted by molar-refractivity contribution is -0.121. The fourth-order valence-electron chi connectivity index (χ4n) is 2.12. The number of hydrogen-bond donors (Lipinski definition) is 2. The fourth-order valence-corrected chi connectivity index (χ4v) is 2.12.